The van der Waals surface area contributed by atoms with E-state index in [1.807, 2.05) is 13.1 Å². The van der Waals surface area contributed by atoms with Crippen molar-refractivity contribution in [2.75, 3.05) is 49.7 Å². The predicted molar refractivity (Wildman–Crippen MR) is 104 cm³/mol. The maximum atomic E-state index is 12.4. The van der Waals surface area contributed by atoms with Crippen LogP contribution < -0.4 is 19.7 Å². The van der Waals surface area contributed by atoms with Crippen LogP contribution in [-0.4, -0.2) is 75.3 Å². The van der Waals surface area contributed by atoms with E-state index in [1.165, 1.54) is 6.33 Å². The lowest BCUT2D eigenvalue weighted by molar-refractivity contribution is -0.117. The fourth-order valence-electron chi connectivity index (χ4n) is 3.57. The Kier molecular flexibility index (Phi) is 4.35. The van der Waals surface area contributed by atoms with Crippen molar-refractivity contribution >= 4 is 28.6 Å². The first-order valence-electron chi connectivity index (χ1n) is 9.34. The fourth-order valence-corrected chi connectivity index (χ4v) is 3.57. The number of rotatable bonds is 4. The Morgan fingerprint density at radius 2 is 1.97 bits per heavy atom. The number of carbonyl (C=O) groups is 1. The zero-order chi connectivity index (χ0) is 19.8. The van der Waals surface area contributed by atoms with E-state index in [0.29, 0.717) is 34.9 Å². The number of nitrogens with one attached hydrogen (secondary N) is 1. The van der Waals surface area contributed by atoms with Crippen molar-refractivity contribution in [1.29, 1.82) is 0 Å². The normalized spacial score (nSPS) is 16.4. The summed E-state index contributed by atoms with van der Waals surface area (Å²) in [6.07, 6.45) is 1.53. The molecule has 1 N–H and O–H groups in total. The van der Waals surface area contributed by atoms with Gasteiger partial charge >= 0.3 is 0 Å². The molecule has 150 valence electrons. The van der Waals surface area contributed by atoms with Crippen LogP contribution in [0.15, 0.2) is 24.5 Å². The van der Waals surface area contributed by atoms with Gasteiger partial charge in [0.2, 0.25) is 12.7 Å². The van der Waals surface area contributed by atoms with Crippen LogP contribution in [-0.2, 0) is 11.8 Å². The molecule has 1 amide bonds. The highest BCUT2D eigenvalue weighted by molar-refractivity contribution is 5.92. The summed E-state index contributed by atoms with van der Waals surface area (Å²) in [6, 6.07) is 5.38. The molecule has 11 heteroatoms. The fraction of sp³-hybridized carbons (Fsp3) is 0.389. The summed E-state index contributed by atoms with van der Waals surface area (Å²) in [5.74, 6) is 2.07. The molecule has 1 saturated heterocycles. The van der Waals surface area contributed by atoms with Crippen molar-refractivity contribution in [3.8, 4) is 11.5 Å². The largest absolute Gasteiger partial charge is 0.454 e. The summed E-state index contributed by atoms with van der Waals surface area (Å²) < 4.78 is 12.3. The van der Waals surface area contributed by atoms with Crippen LogP contribution in [0.4, 0.5) is 11.5 Å². The molecule has 0 aliphatic carbocycles. The standard InChI is InChI=1S/C18H20N8O3/c1-24-17-16(22-23-24)18(20-10-19-17)26-6-4-25(5-7-26)9-15(27)21-12-2-3-13-14(8-12)29-11-28-13/h2-3,8,10H,4-7,9,11H2,1H3,(H,21,27). The summed E-state index contributed by atoms with van der Waals surface area (Å²) >= 11 is 0. The average molecular weight is 396 g/mol. The smallest absolute Gasteiger partial charge is 0.238 e. The molecule has 4 heterocycles. The highest BCUT2D eigenvalue weighted by atomic mass is 16.7. The van der Waals surface area contributed by atoms with Gasteiger partial charge < -0.3 is 19.7 Å². The molecule has 0 unspecified atom stereocenters. The molecule has 0 saturated carbocycles. The van der Waals surface area contributed by atoms with Gasteiger partial charge in [-0.25, -0.2) is 14.6 Å². The van der Waals surface area contributed by atoms with Gasteiger partial charge in [-0.15, -0.1) is 5.10 Å². The maximum absolute atomic E-state index is 12.4. The predicted octanol–water partition coefficient (Wildman–Crippen LogP) is 0.248. The van der Waals surface area contributed by atoms with Crippen molar-refractivity contribution in [2.24, 2.45) is 7.05 Å². The van der Waals surface area contributed by atoms with Crippen LogP contribution in [0.2, 0.25) is 0 Å². The van der Waals surface area contributed by atoms with Gasteiger partial charge in [-0.1, -0.05) is 5.21 Å². The third-order valence-corrected chi connectivity index (χ3v) is 5.06. The van der Waals surface area contributed by atoms with Gasteiger partial charge in [-0.3, -0.25) is 9.69 Å². The average Bonchev–Trinajstić information content (AvgIpc) is 3.35. The quantitative estimate of drug-likeness (QED) is 0.663. The monoisotopic (exact) mass is 396 g/mol. The molecule has 5 rings (SSSR count). The topological polar surface area (TPSA) is 111 Å². The summed E-state index contributed by atoms with van der Waals surface area (Å²) in [4.78, 5) is 25.3. The first kappa shape index (κ1) is 17.6. The molecule has 0 spiro atoms. The molecule has 2 aliphatic rings. The number of aryl methyl sites for hydroxylation is 1. The second-order valence-corrected chi connectivity index (χ2v) is 6.96. The first-order chi connectivity index (χ1) is 14.2. The van der Waals surface area contributed by atoms with E-state index in [9.17, 15) is 4.79 Å². The van der Waals surface area contributed by atoms with Gasteiger partial charge in [0, 0.05) is 45.0 Å². The van der Waals surface area contributed by atoms with Crippen LogP contribution in [0.5, 0.6) is 11.5 Å². The van der Waals surface area contributed by atoms with Gasteiger partial charge in [-0.05, 0) is 12.1 Å². The summed E-state index contributed by atoms with van der Waals surface area (Å²) in [5.41, 5.74) is 2.11. The van der Waals surface area contributed by atoms with Crippen molar-refractivity contribution in [3.63, 3.8) is 0 Å². The van der Waals surface area contributed by atoms with Crippen LogP contribution in [0.25, 0.3) is 11.2 Å². The molecular weight excluding hydrogens is 376 g/mol. The van der Waals surface area contributed by atoms with Gasteiger partial charge in [0.25, 0.3) is 0 Å². The number of amides is 1. The number of aromatic nitrogens is 5. The third-order valence-electron chi connectivity index (χ3n) is 5.06. The van der Waals surface area contributed by atoms with Crippen LogP contribution in [0.3, 0.4) is 0 Å². The van der Waals surface area contributed by atoms with Crippen molar-refractivity contribution in [1.82, 2.24) is 29.9 Å². The van der Waals surface area contributed by atoms with E-state index in [1.54, 1.807) is 16.8 Å². The van der Waals surface area contributed by atoms with E-state index in [2.05, 4.69) is 35.4 Å². The molecule has 11 nitrogen and oxygen atoms in total. The minimum atomic E-state index is -0.0596. The highest BCUT2D eigenvalue weighted by Crippen LogP contribution is 2.34. The number of anilines is 2. The second kappa shape index (κ2) is 7.17. The molecule has 0 radical (unpaired) electrons. The molecule has 3 aromatic rings. The number of piperazine rings is 1. The number of fused-ring (bicyclic) bond motifs is 2. The van der Waals surface area contributed by atoms with Crippen molar-refractivity contribution in [3.05, 3.63) is 24.5 Å². The summed E-state index contributed by atoms with van der Waals surface area (Å²) in [7, 11) is 1.81. The zero-order valence-corrected chi connectivity index (χ0v) is 15.9. The number of nitrogens with zero attached hydrogens (tertiary/aromatic N) is 7. The Morgan fingerprint density at radius 3 is 2.83 bits per heavy atom. The molecule has 2 aromatic heterocycles. The second-order valence-electron chi connectivity index (χ2n) is 6.96. The Morgan fingerprint density at radius 1 is 1.14 bits per heavy atom. The highest BCUT2D eigenvalue weighted by Gasteiger charge is 2.23. The van der Waals surface area contributed by atoms with E-state index < -0.39 is 0 Å². The molecule has 1 aromatic carbocycles. The number of hydrogen-bond donors (Lipinski definition) is 1. The number of hydrogen-bond acceptors (Lipinski definition) is 9. The lowest BCUT2D eigenvalue weighted by atomic mass is 10.2. The lowest BCUT2D eigenvalue weighted by Gasteiger charge is -2.34. The lowest BCUT2D eigenvalue weighted by Crippen LogP contribution is -2.49. The molecular formula is C18H20N8O3. The van der Waals surface area contributed by atoms with Gasteiger partial charge in [0.1, 0.15) is 6.33 Å². The maximum Gasteiger partial charge on any atom is 0.238 e. The Balaban J connectivity index is 1.18. The van der Waals surface area contributed by atoms with E-state index in [0.717, 1.165) is 32.0 Å². The SMILES string of the molecule is Cn1nnc2c(N3CCN(CC(=O)Nc4ccc5c(c4)OCO5)CC3)ncnc21. The minimum Gasteiger partial charge on any atom is -0.454 e. The van der Waals surface area contributed by atoms with Crippen LogP contribution in [0.1, 0.15) is 0 Å². The molecule has 29 heavy (non-hydrogen) atoms. The van der Waals surface area contributed by atoms with Gasteiger partial charge in [-0.2, -0.15) is 0 Å². The Bertz CT molecular complexity index is 1060. The zero-order valence-electron chi connectivity index (χ0n) is 15.9. The van der Waals surface area contributed by atoms with E-state index >= 15 is 0 Å². The minimum absolute atomic E-state index is 0.0596. The van der Waals surface area contributed by atoms with Crippen molar-refractivity contribution < 1.29 is 14.3 Å². The van der Waals surface area contributed by atoms with Crippen molar-refractivity contribution in [2.45, 2.75) is 0 Å². The van der Waals surface area contributed by atoms with Gasteiger partial charge in [0.05, 0.1) is 6.54 Å². The Hall–Kier alpha value is -3.47. The van der Waals surface area contributed by atoms with Crippen LogP contribution in [0, 0.1) is 0 Å². The summed E-state index contributed by atoms with van der Waals surface area (Å²) in [6.45, 7) is 3.54. The first-order valence-corrected chi connectivity index (χ1v) is 9.34. The molecule has 2 aliphatic heterocycles. The number of benzene rings is 1. The summed E-state index contributed by atoms with van der Waals surface area (Å²) in [5, 5.41) is 11.1. The number of carbonyl (C=O) groups excluding carboxylic acids is 1. The van der Waals surface area contributed by atoms with Crippen LogP contribution >= 0.6 is 0 Å². The third kappa shape index (κ3) is 3.40. The molecule has 0 bridgehead atoms. The number of ether oxygens (including phenoxy) is 2. The van der Waals surface area contributed by atoms with E-state index in [4.69, 9.17) is 9.47 Å². The molecule has 0 atom stereocenters. The Labute approximate surface area is 166 Å². The molecule has 1 fully saturated rings. The van der Waals surface area contributed by atoms with Gasteiger partial charge in [0.15, 0.2) is 28.5 Å². The van der Waals surface area contributed by atoms with E-state index in [-0.39, 0.29) is 12.7 Å².